The van der Waals surface area contributed by atoms with Crippen molar-refractivity contribution in [1.29, 1.82) is 0 Å². The second-order valence-electron chi connectivity index (χ2n) is 6.37. The first kappa shape index (κ1) is 12.8. The van der Waals surface area contributed by atoms with Gasteiger partial charge in [-0.3, -0.25) is 4.79 Å². The highest BCUT2D eigenvalue weighted by Gasteiger charge is 2.41. The van der Waals surface area contributed by atoms with E-state index in [2.05, 4.69) is 5.32 Å². The standard InChI is InChI=1S/C13H23NO3/c1-12(2,3)17-11(15)6-10-4-5-13(9-16-10)7-14-8-13/h10,14H,4-9H2,1-3H3. The minimum Gasteiger partial charge on any atom is -0.460 e. The van der Waals surface area contributed by atoms with E-state index in [0.717, 1.165) is 32.5 Å². The summed E-state index contributed by atoms with van der Waals surface area (Å²) in [6.45, 7) is 8.58. The van der Waals surface area contributed by atoms with Crippen LogP contribution in [0.25, 0.3) is 0 Å². The molecule has 0 aromatic rings. The SMILES string of the molecule is CC(C)(C)OC(=O)CC1CCC2(CNC2)CO1. The Hall–Kier alpha value is -0.610. The molecule has 4 heteroatoms. The summed E-state index contributed by atoms with van der Waals surface area (Å²) >= 11 is 0. The number of hydrogen-bond acceptors (Lipinski definition) is 4. The lowest BCUT2D eigenvalue weighted by atomic mass is 9.76. The van der Waals surface area contributed by atoms with E-state index in [1.54, 1.807) is 0 Å². The van der Waals surface area contributed by atoms with Gasteiger partial charge in [-0.05, 0) is 33.6 Å². The van der Waals surface area contributed by atoms with Crippen LogP contribution in [0.2, 0.25) is 0 Å². The van der Waals surface area contributed by atoms with E-state index < -0.39 is 5.60 Å². The van der Waals surface area contributed by atoms with Gasteiger partial charge in [0.05, 0.1) is 19.1 Å². The second kappa shape index (κ2) is 4.58. The Kier molecular flexibility index (Phi) is 3.46. The number of carbonyl (C=O) groups is 1. The van der Waals surface area contributed by atoms with Crippen LogP contribution in [-0.4, -0.2) is 37.4 Å². The van der Waals surface area contributed by atoms with Gasteiger partial charge in [0.25, 0.3) is 0 Å². The van der Waals surface area contributed by atoms with Gasteiger partial charge >= 0.3 is 5.97 Å². The average Bonchev–Trinajstić information content (AvgIpc) is 2.13. The molecule has 0 bridgehead atoms. The summed E-state index contributed by atoms with van der Waals surface area (Å²) in [5.41, 5.74) is -0.0324. The lowest BCUT2D eigenvalue weighted by Gasteiger charge is -2.47. The minimum absolute atomic E-state index is 0.0519. The molecule has 0 aromatic heterocycles. The van der Waals surface area contributed by atoms with Gasteiger partial charge in [-0.2, -0.15) is 0 Å². The van der Waals surface area contributed by atoms with E-state index in [0.29, 0.717) is 11.8 Å². The van der Waals surface area contributed by atoms with Crippen molar-refractivity contribution in [3.63, 3.8) is 0 Å². The molecule has 1 unspecified atom stereocenters. The van der Waals surface area contributed by atoms with E-state index in [4.69, 9.17) is 9.47 Å². The molecule has 0 aliphatic carbocycles. The third kappa shape index (κ3) is 3.42. The maximum absolute atomic E-state index is 11.7. The largest absolute Gasteiger partial charge is 0.460 e. The molecule has 1 atom stereocenters. The Morgan fingerprint density at radius 2 is 2.18 bits per heavy atom. The Labute approximate surface area is 103 Å². The van der Waals surface area contributed by atoms with Gasteiger partial charge in [0.15, 0.2) is 0 Å². The lowest BCUT2D eigenvalue weighted by molar-refractivity contribution is -0.161. The van der Waals surface area contributed by atoms with Crippen molar-refractivity contribution < 1.29 is 14.3 Å². The van der Waals surface area contributed by atoms with Gasteiger partial charge in [-0.25, -0.2) is 0 Å². The van der Waals surface area contributed by atoms with Crippen LogP contribution >= 0.6 is 0 Å². The molecule has 4 nitrogen and oxygen atoms in total. The topological polar surface area (TPSA) is 47.6 Å². The van der Waals surface area contributed by atoms with Crippen LogP contribution in [0.5, 0.6) is 0 Å². The first-order chi connectivity index (χ1) is 7.89. The third-order valence-corrected chi connectivity index (χ3v) is 3.44. The third-order valence-electron chi connectivity index (χ3n) is 3.44. The highest BCUT2D eigenvalue weighted by Crippen LogP contribution is 2.35. The summed E-state index contributed by atoms with van der Waals surface area (Å²) in [6, 6.07) is 0. The Bertz CT molecular complexity index is 282. The number of esters is 1. The van der Waals surface area contributed by atoms with Crippen LogP contribution < -0.4 is 5.32 Å². The van der Waals surface area contributed by atoms with Crippen molar-refractivity contribution in [3.05, 3.63) is 0 Å². The maximum atomic E-state index is 11.7. The quantitative estimate of drug-likeness (QED) is 0.744. The second-order valence-corrected chi connectivity index (χ2v) is 6.37. The van der Waals surface area contributed by atoms with E-state index in [1.807, 2.05) is 20.8 Å². The summed E-state index contributed by atoms with van der Waals surface area (Å²) in [6.07, 6.45) is 2.57. The normalized spacial score (nSPS) is 27.6. The van der Waals surface area contributed by atoms with E-state index in [-0.39, 0.29) is 12.1 Å². The molecule has 1 spiro atoms. The zero-order valence-electron chi connectivity index (χ0n) is 11.0. The molecule has 98 valence electrons. The van der Waals surface area contributed by atoms with E-state index in [9.17, 15) is 4.79 Å². The molecule has 0 aromatic carbocycles. The number of hydrogen-bond donors (Lipinski definition) is 1. The Balaban J connectivity index is 1.72. The number of carbonyl (C=O) groups excluding carboxylic acids is 1. The smallest absolute Gasteiger partial charge is 0.308 e. The zero-order valence-corrected chi connectivity index (χ0v) is 11.0. The summed E-state index contributed by atoms with van der Waals surface area (Å²) in [4.78, 5) is 11.7. The number of rotatable bonds is 2. The fourth-order valence-electron chi connectivity index (χ4n) is 2.40. The number of nitrogens with one attached hydrogen (secondary N) is 1. The zero-order chi connectivity index (χ0) is 12.5. The highest BCUT2D eigenvalue weighted by atomic mass is 16.6. The van der Waals surface area contributed by atoms with E-state index >= 15 is 0 Å². The van der Waals surface area contributed by atoms with Crippen molar-refractivity contribution in [3.8, 4) is 0 Å². The Morgan fingerprint density at radius 3 is 2.59 bits per heavy atom. The summed E-state index contributed by atoms with van der Waals surface area (Å²) in [5.74, 6) is -0.148. The molecule has 2 fully saturated rings. The Morgan fingerprint density at radius 1 is 1.47 bits per heavy atom. The van der Waals surface area contributed by atoms with Crippen molar-refractivity contribution >= 4 is 5.97 Å². The molecule has 2 rings (SSSR count). The van der Waals surface area contributed by atoms with Crippen LogP contribution in [0.15, 0.2) is 0 Å². The molecule has 0 radical (unpaired) electrons. The van der Waals surface area contributed by atoms with Crippen molar-refractivity contribution in [2.24, 2.45) is 5.41 Å². The van der Waals surface area contributed by atoms with Gasteiger partial charge in [-0.15, -0.1) is 0 Å². The van der Waals surface area contributed by atoms with Gasteiger partial charge in [0.1, 0.15) is 5.60 Å². The average molecular weight is 241 g/mol. The molecule has 2 saturated heterocycles. The molecule has 0 saturated carbocycles. The maximum Gasteiger partial charge on any atom is 0.308 e. The minimum atomic E-state index is -0.398. The van der Waals surface area contributed by atoms with Gasteiger partial charge < -0.3 is 14.8 Å². The highest BCUT2D eigenvalue weighted by molar-refractivity contribution is 5.70. The fraction of sp³-hybridized carbons (Fsp3) is 0.923. The van der Waals surface area contributed by atoms with Gasteiger partial charge in [0.2, 0.25) is 0 Å². The van der Waals surface area contributed by atoms with Crippen molar-refractivity contribution in [1.82, 2.24) is 5.32 Å². The molecule has 2 aliphatic rings. The fourth-order valence-corrected chi connectivity index (χ4v) is 2.40. The summed E-state index contributed by atoms with van der Waals surface area (Å²) in [5, 5.41) is 3.29. The van der Waals surface area contributed by atoms with Crippen LogP contribution in [0.3, 0.4) is 0 Å². The van der Waals surface area contributed by atoms with Gasteiger partial charge in [-0.1, -0.05) is 0 Å². The lowest BCUT2D eigenvalue weighted by Crippen LogP contribution is -2.58. The summed E-state index contributed by atoms with van der Waals surface area (Å²) in [7, 11) is 0. The van der Waals surface area contributed by atoms with Crippen LogP contribution in [-0.2, 0) is 14.3 Å². The summed E-state index contributed by atoms with van der Waals surface area (Å²) < 4.78 is 11.1. The van der Waals surface area contributed by atoms with Crippen molar-refractivity contribution in [2.45, 2.75) is 51.7 Å². The molecule has 2 heterocycles. The predicted octanol–water partition coefficient (Wildman–Crippen LogP) is 1.49. The van der Waals surface area contributed by atoms with E-state index in [1.165, 1.54) is 0 Å². The molecule has 17 heavy (non-hydrogen) atoms. The van der Waals surface area contributed by atoms with Crippen molar-refractivity contribution in [2.75, 3.05) is 19.7 Å². The monoisotopic (exact) mass is 241 g/mol. The first-order valence-corrected chi connectivity index (χ1v) is 6.43. The molecular formula is C13H23NO3. The van der Waals surface area contributed by atoms with Crippen LogP contribution in [0.4, 0.5) is 0 Å². The molecular weight excluding hydrogens is 218 g/mol. The molecule has 2 aliphatic heterocycles. The molecule has 0 amide bonds. The van der Waals surface area contributed by atoms with Crippen LogP contribution in [0, 0.1) is 5.41 Å². The first-order valence-electron chi connectivity index (χ1n) is 6.43. The predicted molar refractivity (Wildman–Crippen MR) is 64.7 cm³/mol. The molecule has 1 N–H and O–H groups in total. The van der Waals surface area contributed by atoms with Gasteiger partial charge in [0, 0.05) is 18.5 Å². The van der Waals surface area contributed by atoms with Crippen LogP contribution in [0.1, 0.15) is 40.0 Å². The number of ether oxygens (including phenoxy) is 2.